The molecule has 0 unspecified atom stereocenters. The zero-order valence-corrected chi connectivity index (χ0v) is 18.8. The summed E-state index contributed by atoms with van der Waals surface area (Å²) >= 11 is 0. The average Bonchev–Trinajstić information content (AvgIpc) is 3.14. The Morgan fingerprint density at radius 3 is 2.11 bits per heavy atom. The van der Waals surface area contributed by atoms with Crippen LogP contribution < -0.4 is 0 Å². The number of aryl methyl sites for hydroxylation is 1. The Balaban J connectivity index is 1.87. The first-order valence-electron chi connectivity index (χ1n) is 9.90. The molecule has 35 heavy (non-hydrogen) atoms. The standard InChI is InChI=1S/C21H15F6N5O2S/c1-3-35(33,34)15-8-12(11-4-6-13(7-5-11)20(22,23)24)9-28-16(15)17-29-10-14-18(31-17)32(2)19(30-14)21(25,26)27/h4-10H,3H2,1-2H3. The topological polar surface area (TPSA) is 90.6 Å². The molecule has 1 aromatic carbocycles. The van der Waals surface area contributed by atoms with Crippen LogP contribution in [0.2, 0.25) is 0 Å². The van der Waals surface area contributed by atoms with E-state index in [-0.39, 0.29) is 44.5 Å². The van der Waals surface area contributed by atoms with E-state index in [0.29, 0.717) is 4.57 Å². The second-order valence-corrected chi connectivity index (χ2v) is 9.69. The average molecular weight is 515 g/mol. The Morgan fingerprint density at radius 1 is 0.886 bits per heavy atom. The molecule has 0 fully saturated rings. The molecule has 184 valence electrons. The summed E-state index contributed by atoms with van der Waals surface area (Å²) < 4.78 is 104. The molecule has 14 heteroatoms. The van der Waals surface area contributed by atoms with Gasteiger partial charge in [0.25, 0.3) is 0 Å². The zero-order valence-electron chi connectivity index (χ0n) is 18.0. The molecule has 4 aromatic rings. The maximum atomic E-state index is 13.2. The third kappa shape index (κ3) is 4.57. The summed E-state index contributed by atoms with van der Waals surface area (Å²) in [5.41, 5.74) is -0.916. The summed E-state index contributed by atoms with van der Waals surface area (Å²) in [4.78, 5) is 15.3. The van der Waals surface area contributed by atoms with Gasteiger partial charge in [0.05, 0.1) is 22.4 Å². The second kappa shape index (κ2) is 8.29. The molecular formula is C21H15F6N5O2S. The lowest BCUT2D eigenvalue weighted by Gasteiger charge is -2.12. The van der Waals surface area contributed by atoms with E-state index in [2.05, 4.69) is 19.9 Å². The van der Waals surface area contributed by atoms with Crippen LogP contribution in [0.4, 0.5) is 26.3 Å². The van der Waals surface area contributed by atoms with Gasteiger partial charge in [-0.1, -0.05) is 19.1 Å². The first kappa shape index (κ1) is 24.6. The summed E-state index contributed by atoms with van der Waals surface area (Å²) in [6.07, 6.45) is -7.02. The monoisotopic (exact) mass is 515 g/mol. The lowest BCUT2D eigenvalue weighted by molar-refractivity contribution is -0.146. The quantitative estimate of drug-likeness (QED) is 0.359. The Kier molecular flexibility index (Phi) is 5.82. The number of hydrogen-bond donors (Lipinski definition) is 0. The maximum absolute atomic E-state index is 13.2. The van der Waals surface area contributed by atoms with Crippen LogP contribution in [-0.4, -0.2) is 38.7 Å². The van der Waals surface area contributed by atoms with Crippen LogP contribution in [0.25, 0.3) is 33.8 Å². The van der Waals surface area contributed by atoms with Crippen LogP contribution in [0.3, 0.4) is 0 Å². The van der Waals surface area contributed by atoms with Gasteiger partial charge in [-0.3, -0.25) is 4.98 Å². The minimum Gasteiger partial charge on any atom is -0.308 e. The zero-order chi connectivity index (χ0) is 25.8. The second-order valence-electron chi connectivity index (χ2n) is 7.44. The van der Waals surface area contributed by atoms with Crippen molar-refractivity contribution >= 4 is 21.0 Å². The molecule has 0 aliphatic carbocycles. The molecule has 0 bridgehead atoms. The number of nitrogens with zero attached hydrogens (tertiary/aromatic N) is 5. The van der Waals surface area contributed by atoms with Crippen LogP contribution in [0, 0.1) is 0 Å². The summed E-state index contributed by atoms with van der Waals surface area (Å²) in [5.74, 6) is -1.80. The third-order valence-corrected chi connectivity index (χ3v) is 6.93. The number of halogens is 6. The number of aromatic nitrogens is 5. The summed E-state index contributed by atoms with van der Waals surface area (Å²) in [6, 6.07) is 5.29. The van der Waals surface area contributed by atoms with Gasteiger partial charge >= 0.3 is 12.4 Å². The summed E-state index contributed by atoms with van der Waals surface area (Å²) in [6.45, 7) is 1.38. The Morgan fingerprint density at radius 2 is 1.54 bits per heavy atom. The number of sulfone groups is 1. The van der Waals surface area contributed by atoms with Gasteiger partial charge in [0.15, 0.2) is 21.3 Å². The molecule has 0 spiro atoms. The fourth-order valence-electron chi connectivity index (χ4n) is 3.36. The van der Waals surface area contributed by atoms with Crippen molar-refractivity contribution < 1.29 is 34.8 Å². The number of benzene rings is 1. The molecule has 0 aliphatic rings. The van der Waals surface area contributed by atoms with Crippen molar-refractivity contribution in [3.8, 4) is 22.6 Å². The summed E-state index contributed by atoms with van der Waals surface area (Å²) in [5, 5.41) is 0. The molecule has 0 atom stereocenters. The molecule has 0 aliphatic heterocycles. The number of hydrogen-bond acceptors (Lipinski definition) is 6. The number of pyridine rings is 1. The van der Waals surface area contributed by atoms with Gasteiger partial charge in [0.1, 0.15) is 11.2 Å². The summed E-state index contributed by atoms with van der Waals surface area (Å²) in [7, 11) is -2.83. The highest BCUT2D eigenvalue weighted by atomic mass is 32.2. The Bertz CT molecular complexity index is 1530. The third-order valence-electron chi connectivity index (χ3n) is 5.19. The van der Waals surface area contributed by atoms with Crippen LogP contribution in [0.1, 0.15) is 18.3 Å². The molecule has 0 saturated carbocycles. The van der Waals surface area contributed by atoms with Crippen LogP contribution in [-0.2, 0) is 29.2 Å². The van der Waals surface area contributed by atoms with Crippen molar-refractivity contribution in [2.24, 2.45) is 7.05 Å². The molecule has 0 N–H and O–H groups in total. The molecule has 0 saturated heterocycles. The van der Waals surface area contributed by atoms with Gasteiger partial charge in [0, 0.05) is 18.8 Å². The number of rotatable bonds is 4. The van der Waals surface area contributed by atoms with E-state index in [1.807, 2.05) is 0 Å². The van der Waals surface area contributed by atoms with E-state index in [0.717, 1.165) is 25.4 Å². The largest absolute Gasteiger partial charge is 0.449 e. The predicted octanol–water partition coefficient (Wildman–Crippen LogP) is 4.92. The predicted molar refractivity (Wildman–Crippen MR) is 113 cm³/mol. The van der Waals surface area contributed by atoms with Crippen LogP contribution in [0.15, 0.2) is 47.6 Å². The lowest BCUT2D eigenvalue weighted by atomic mass is 10.0. The molecule has 0 amide bonds. The van der Waals surface area contributed by atoms with Crippen LogP contribution >= 0.6 is 0 Å². The molecule has 3 aromatic heterocycles. The van der Waals surface area contributed by atoms with Crippen LogP contribution in [0.5, 0.6) is 0 Å². The van der Waals surface area contributed by atoms with E-state index in [1.54, 1.807) is 0 Å². The van der Waals surface area contributed by atoms with Gasteiger partial charge in [-0.2, -0.15) is 26.3 Å². The van der Waals surface area contributed by atoms with E-state index >= 15 is 0 Å². The number of alkyl halides is 6. The Hall–Kier alpha value is -3.55. The number of imidazole rings is 1. The molecule has 7 nitrogen and oxygen atoms in total. The van der Waals surface area contributed by atoms with Crippen molar-refractivity contribution in [2.45, 2.75) is 24.2 Å². The lowest BCUT2D eigenvalue weighted by Crippen LogP contribution is -2.12. The smallest absolute Gasteiger partial charge is 0.308 e. The van der Waals surface area contributed by atoms with Gasteiger partial charge in [-0.05, 0) is 23.8 Å². The fraction of sp³-hybridized carbons (Fsp3) is 0.238. The molecule has 3 heterocycles. The number of fused-ring (bicyclic) bond motifs is 1. The fourth-order valence-corrected chi connectivity index (χ4v) is 4.42. The highest BCUT2D eigenvalue weighted by Crippen LogP contribution is 2.34. The van der Waals surface area contributed by atoms with Crippen molar-refractivity contribution in [1.29, 1.82) is 0 Å². The van der Waals surface area contributed by atoms with Gasteiger partial charge in [0.2, 0.25) is 5.82 Å². The first-order chi connectivity index (χ1) is 16.2. The highest BCUT2D eigenvalue weighted by Gasteiger charge is 2.37. The minimum atomic E-state index is -4.74. The van der Waals surface area contributed by atoms with E-state index in [1.165, 1.54) is 31.3 Å². The Labute approximate surface area is 194 Å². The van der Waals surface area contributed by atoms with Gasteiger partial charge in [-0.25, -0.2) is 23.4 Å². The van der Waals surface area contributed by atoms with E-state index in [4.69, 9.17) is 0 Å². The minimum absolute atomic E-state index is 0.148. The molecular weight excluding hydrogens is 500 g/mol. The van der Waals surface area contributed by atoms with Crippen molar-refractivity contribution in [3.63, 3.8) is 0 Å². The SMILES string of the molecule is CCS(=O)(=O)c1cc(-c2ccc(C(F)(F)F)cc2)cnc1-c1ncc2nc(C(F)(F)F)n(C)c2n1. The first-order valence-corrected chi connectivity index (χ1v) is 11.5. The molecule has 4 rings (SSSR count). The molecule has 0 radical (unpaired) electrons. The van der Waals surface area contributed by atoms with Gasteiger partial charge < -0.3 is 4.57 Å². The van der Waals surface area contributed by atoms with Gasteiger partial charge in [-0.15, -0.1) is 0 Å². The van der Waals surface area contributed by atoms with E-state index < -0.39 is 33.6 Å². The van der Waals surface area contributed by atoms with Crippen molar-refractivity contribution in [2.75, 3.05) is 5.75 Å². The van der Waals surface area contributed by atoms with Crippen molar-refractivity contribution in [1.82, 2.24) is 24.5 Å². The van der Waals surface area contributed by atoms with E-state index in [9.17, 15) is 34.8 Å². The normalized spacial score (nSPS) is 12.9. The maximum Gasteiger partial charge on any atom is 0.449 e. The van der Waals surface area contributed by atoms with Crippen molar-refractivity contribution in [3.05, 3.63) is 54.1 Å². The highest BCUT2D eigenvalue weighted by molar-refractivity contribution is 7.91.